The number of halogens is 2. The van der Waals surface area contributed by atoms with Crippen LogP contribution in [0.5, 0.6) is 5.75 Å². The number of hydrogen-bond acceptors (Lipinski definition) is 6. The molecule has 0 spiro atoms. The van der Waals surface area contributed by atoms with Crippen LogP contribution in [0.4, 0.5) is 5.69 Å². The van der Waals surface area contributed by atoms with Crippen molar-refractivity contribution in [2.24, 2.45) is 0 Å². The Labute approximate surface area is 200 Å². The summed E-state index contributed by atoms with van der Waals surface area (Å²) in [6, 6.07) is 13.2. The molecule has 3 rings (SSSR count). The third-order valence-electron chi connectivity index (χ3n) is 4.41. The van der Waals surface area contributed by atoms with Crippen LogP contribution in [-0.4, -0.2) is 20.6 Å². The first kappa shape index (κ1) is 23.4. The third-order valence-corrected chi connectivity index (χ3v) is 5.59. The van der Waals surface area contributed by atoms with Crippen molar-refractivity contribution in [1.82, 2.24) is 9.78 Å². The van der Waals surface area contributed by atoms with Gasteiger partial charge in [-0.1, -0.05) is 0 Å². The molecule has 1 heterocycles. The summed E-state index contributed by atoms with van der Waals surface area (Å²) in [6.07, 6.45) is 1.48. The Morgan fingerprint density at radius 1 is 1.22 bits per heavy atom. The van der Waals surface area contributed by atoms with Crippen LogP contribution >= 0.6 is 31.9 Å². The molecule has 0 atom stereocenters. The highest BCUT2D eigenvalue weighted by Gasteiger charge is 2.17. The average molecular weight is 560 g/mol. The number of non-ortho nitro benzene ring substituents is 1. The van der Waals surface area contributed by atoms with Crippen molar-refractivity contribution in [3.05, 3.63) is 89.6 Å². The largest absolute Gasteiger partial charge is 0.487 e. The number of carbonyl (C=O) groups is 1. The van der Waals surface area contributed by atoms with E-state index in [1.165, 1.54) is 22.9 Å². The SMILES string of the molecule is Cc1cc(C)n(C(=O)/C(C#N)=C/c2cc(Br)c(OCc3ccc([N+](=O)[O-])cc3)c(Br)c2)n1. The Bertz CT molecular complexity index is 1250. The van der Waals surface area contributed by atoms with Crippen LogP contribution in [0.15, 0.2) is 57.0 Å². The maximum Gasteiger partial charge on any atom is 0.289 e. The summed E-state index contributed by atoms with van der Waals surface area (Å²) in [4.78, 5) is 23.0. The minimum Gasteiger partial charge on any atom is -0.487 e. The van der Waals surface area contributed by atoms with Gasteiger partial charge >= 0.3 is 0 Å². The van der Waals surface area contributed by atoms with Crippen molar-refractivity contribution in [3.63, 3.8) is 0 Å². The molecule has 2 aromatic carbocycles. The fourth-order valence-electron chi connectivity index (χ4n) is 2.93. The van der Waals surface area contributed by atoms with Crippen LogP contribution in [0.1, 0.15) is 27.3 Å². The second kappa shape index (κ2) is 9.89. The number of nitro benzene ring substituents is 1. The first-order chi connectivity index (χ1) is 15.2. The van der Waals surface area contributed by atoms with E-state index in [0.29, 0.717) is 31.6 Å². The van der Waals surface area contributed by atoms with E-state index >= 15 is 0 Å². The normalized spacial score (nSPS) is 11.2. The molecule has 8 nitrogen and oxygen atoms in total. The molecule has 0 bridgehead atoms. The van der Waals surface area contributed by atoms with Gasteiger partial charge in [0.1, 0.15) is 24.0 Å². The molecule has 0 radical (unpaired) electrons. The Hall–Kier alpha value is -3.29. The quantitative estimate of drug-likeness (QED) is 0.164. The highest BCUT2D eigenvalue weighted by Crippen LogP contribution is 2.36. The van der Waals surface area contributed by atoms with Crippen molar-refractivity contribution in [2.75, 3.05) is 0 Å². The Morgan fingerprint density at radius 3 is 2.34 bits per heavy atom. The molecule has 162 valence electrons. The van der Waals surface area contributed by atoms with E-state index < -0.39 is 10.8 Å². The monoisotopic (exact) mass is 558 g/mol. The van der Waals surface area contributed by atoms with Gasteiger partial charge in [-0.2, -0.15) is 10.4 Å². The maximum atomic E-state index is 12.7. The molecule has 0 aliphatic heterocycles. The van der Waals surface area contributed by atoms with E-state index in [4.69, 9.17) is 4.74 Å². The lowest BCUT2D eigenvalue weighted by atomic mass is 10.1. The topological polar surface area (TPSA) is 111 Å². The molecule has 3 aromatic rings. The van der Waals surface area contributed by atoms with Crippen molar-refractivity contribution in [3.8, 4) is 11.8 Å². The van der Waals surface area contributed by atoms with Crippen molar-refractivity contribution in [2.45, 2.75) is 20.5 Å². The van der Waals surface area contributed by atoms with Gasteiger partial charge in [0, 0.05) is 17.8 Å². The molecule has 1 aromatic heterocycles. The van der Waals surface area contributed by atoms with E-state index in [-0.39, 0.29) is 17.9 Å². The molecule has 0 saturated carbocycles. The Balaban J connectivity index is 1.81. The lowest BCUT2D eigenvalue weighted by Crippen LogP contribution is -2.15. The molecule has 10 heteroatoms. The number of nitrogens with zero attached hydrogens (tertiary/aromatic N) is 4. The van der Waals surface area contributed by atoms with Gasteiger partial charge in [-0.25, -0.2) is 4.68 Å². The number of ether oxygens (including phenoxy) is 1. The van der Waals surface area contributed by atoms with Crippen LogP contribution in [-0.2, 0) is 6.61 Å². The fraction of sp³-hybridized carbons (Fsp3) is 0.136. The summed E-state index contributed by atoms with van der Waals surface area (Å²) in [6.45, 7) is 3.72. The number of rotatable bonds is 6. The van der Waals surface area contributed by atoms with Crippen LogP contribution in [0, 0.1) is 35.3 Å². The number of hydrogen-bond donors (Lipinski definition) is 0. The standard InChI is InChI=1S/C22H16Br2N4O4/c1-13-7-14(2)27(26-13)22(29)17(11-25)8-16-9-19(23)21(20(24)10-16)32-12-15-3-5-18(6-4-15)28(30)31/h3-10H,12H2,1-2H3/b17-8+. The van der Waals surface area contributed by atoms with E-state index in [1.807, 2.05) is 6.07 Å². The molecular weight excluding hydrogens is 544 g/mol. The van der Waals surface area contributed by atoms with Gasteiger partial charge in [-0.15, -0.1) is 0 Å². The molecule has 0 aliphatic rings. The number of aromatic nitrogens is 2. The molecule has 0 amide bonds. The fourth-order valence-corrected chi connectivity index (χ4v) is 4.38. The minimum absolute atomic E-state index is 0.00978. The molecule has 0 aliphatic carbocycles. The number of carbonyl (C=O) groups excluding carboxylic acids is 1. The van der Waals surface area contributed by atoms with E-state index in [1.54, 1.807) is 44.2 Å². The highest BCUT2D eigenvalue weighted by atomic mass is 79.9. The summed E-state index contributed by atoms with van der Waals surface area (Å²) in [5, 5.41) is 24.4. The van der Waals surface area contributed by atoms with Crippen LogP contribution in [0.25, 0.3) is 6.08 Å². The minimum atomic E-state index is -0.510. The van der Waals surface area contributed by atoms with Crippen molar-refractivity contribution >= 4 is 49.5 Å². The van der Waals surface area contributed by atoms with E-state index in [9.17, 15) is 20.2 Å². The van der Waals surface area contributed by atoms with Gasteiger partial charge in [0.15, 0.2) is 0 Å². The molecule has 0 fully saturated rings. The number of nitriles is 1. The van der Waals surface area contributed by atoms with Gasteiger partial charge < -0.3 is 4.74 Å². The zero-order chi connectivity index (χ0) is 23.4. The van der Waals surface area contributed by atoms with Crippen molar-refractivity contribution in [1.29, 1.82) is 5.26 Å². The van der Waals surface area contributed by atoms with Crippen molar-refractivity contribution < 1.29 is 14.5 Å². The first-order valence-electron chi connectivity index (χ1n) is 9.24. The highest BCUT2D eigenvalue weighted by molar-refractivity contribution is 9.11. The Kier molecular flexibility index (Phi) is 7.22. The van der Waals surface area contributed by atoms with Gasteiger partial charge in [-0.3, -0.25) is 14.9 Å². The third kappa shape index (κ3) is 5.30. The zero-order valence-corrected chi connectivity index (χ0v) is 20.2. The summed E-state index contributed by atoms with van der Waals surface area (Å²) in [5.41, 5.74) is 2.66. The molecule has 0 unspecified atom stereocenters. The Morgan fingerprint density at radius 2 is 1.84 bits per heavy atom. The second-order valence-electron chi connectivity index (χ2n) is 6.84. The van der Waals surface area contributed by atoms with Gasteiger partial charge in [0.25, 0.3) is 11.6 Å². The van der Waals surface area contributed by atoms with Crippen LogP contribution < -0.4 is 4.74 Å². The maximum absolute atomic E-state index is 12.7. The van der Waals surface area contributed by atoms with E-state index in [2.05, 4.69) is 37.0 Å². The zero-order valence-electron chi connectivity index (χ0n) is 17.0. The summed E-state index contributed by atoms with van der Waals surface area (Å²) in [7, 11) is 0. The lowest BCUT2D eigenvalue weighted by molar-refractivity contribution is -0.384. The summed E-state index contributed by atoms with van der Waals surface area (Å²) < 4.78 is 8.26. The second-order valence-corrected chi connectivity index (χ2v) is 8.55. The van der Waals surface area contributed by atoms with Crippen LogP contribution in [0.2, 0.25) is 0 Å². The molecule has 32 heavy (non-hydrogen) atoms. The predicted octanol–water partition coefficient (Wildman–Crippen LogP) is 5.76. The predicted molar refractivity (Wildman–Crippen MR) is 125 cm³/mol. The number of aryl methyl sites for hydroxylation is 2. The number of benzene rings is 2. The van der Waals surface area contributed by atoms with Gasteiger partial charge in [-0.05, 0) is 93.2 Å². The summed E-state index contributed by atoms with van der Waals surface area (Å²) >= 11 is 6.90. The van der Waals surface area contributed by atoms with Gasteiger partial charge in [0.05, 0.1) is 19.6 Å². The first-order valence-corrected chi connectivity index (χ1v) is 10.8. The number of nitro groups is 1. The average Bonchev–Trinajstić information content (AvgIpc) is 3.09. The van der Waals surface area contributed by atoms with Gasteiger partial charge in [0.2, 0.25) is 0 Å². The molecular formula is C22H16Br2N4O4. The smallest absolute Gasteiger partial charge is 0.289 e. The summed E-state index contributed by atoms with van der Waals surface area (Å²) in [5.74, 6) is 0.00715. The lowest BCUT2D eigenvalue weighted by Gasteiger charge is -2.12. The molecule has 0 N–H and O–H groups in total. The number of allylic oxidation sites excluding steroid dienone is 1. The van der Waals surface area contributed by atoms with E-state index in [0.717, 1.165) is 5.56 Å². The molecule has 0 saturated heterocycles. The van der Waals surface area contributed by atoms with Crippen LogP contribution in [0.3, 0.4) is 0 Å².